The van der Waals surface area contributed by atoms with E-state index >= 15 is 0 Å². The highest BCUT2D eigenvalue weighted by Gasteiger charge is 2.02. The smallest absolute Gasteiger partial charge is 0.331 e. The number of nitrogens with two attached hydrogens (primary N) is 1. The van der Waals surface area contributed by atoms with Gasteiger partial charge in [0.2, 0.25) is 0 Å². The van der Waals surface area contributed by atoms with Gasteiger partial charge in [0.1, 0.15) is 0 Å². The van der Waals surface area contributed by atoms with E-state index in [1.165, 1.54) is 0 Å². The molecule has 0 aromatic carbocycles. The lowest BCUT2D eigenvalue weighted by molar-refractivity contribution is -0.141. The van der Waals surface area contributed by atoms with Gasteiger partial charge in [-0.15, -0.1) is 0 Å². The van der Waals surface area contributed by atoms with Gasteiger partial charge in [0.25, 0.3) is 5.91 Å². The highest BCUT2D eigenvalue weighted by Crippen LogP contribution is 1.89. The van der Waals surface area contributed by atoms with Crippen LogP contribution in [0.5, 0.6) is 0 Å². The largest absolute Gasteiger partial charge is 0.460 e. The van der Waals surface area contributed by atoms with Crippen molar-refractivity contribution in [2.45, 2.75) is 20.0 Å². The summed E-state index contributed by atoms with van der Waals surface area (Å²) < 4.78 is 4.68. The molecule has 0 aliphatic rings. The van der Waals surface area contributed by atoms with Crippen LogP contribution in [0, 0.1) is 0 Å². The van der Waals surface area contributed by atoms with Crippen LogP contribution >= 0.6 is 0 Å². The molecular weight excluding hydrogens is 188 g/mol. The van der Waals surface area contributed by atoms with Crippen LogP contribution in [-0.2, 0) is 14.3 Å². The van der Waals surface area contributed by atoms with Crippen molar-refractivity contribution < 1.29 is 19.1 Å². The topological polar surface area (TPSA) is 98.5 Å². The van der Waals surface area contributed by atoms with Gasteiger partial charge in [0.15, 0.2) is 0 Å². The van der Waals surface area contributed by atoms with E-state index in [0.717, 1.165) is 12.2 Å². The van der Waals surface area contributed by atoms with Crippen molar-refractivity contribution in [2.75, 3.05) is 0 Å². The van der Waals surface area contributed by atoms with E-state index in [1.54, 1.807) is 19.2 Å². The molecule has 0 unspecified atom stereocenters. The Balaban J connectivity index is 3.98. The number of carbonyl (C=O) groups is 3. The Bertz CT molecular complexity index is 271. The third-order valence-corrected chi connectivity index (χ3v) is 0.969. The monoisotopic (exact) mass is 200 g/mol. The predicted octanol–water partition coefficient (Wildman–Crippen LogP) is -0.311. The molecule has 0 saturated heterocycles. The van der Waals surface area contributed by atoms with Crippen molar-refractivity contribution in [1.29, 1.82) is 0 Å². The van der Waals surface area contributed by atoms with E-state index in [1.807, 2.05) is 0 Å². The second-order valence-electron chi connectivity index (χ2n) is 2.67. The number of urea groups is 1. The Morgan fingerprint density at radius 3 is 2.29 bits per heavy atom. The Kier molecular flexibility index (Phi) is 4.98. The summed E-state index contributed by atoms with van der Waals surface area (Å²) in [7, 11) is 0. The zero-order chi connectivity index (χ0) is 11.1. The zero-order valence-corrected chi connectivity index (χ0v) is 7.94. The number of carbonyl (C=O) groups excluding carboxylic acids is 3. The number of amides is 3. The third kappa shape index (κ3) is 6.84. The van der Waals surface area contributed by atoms with Gasteiger partial charge in [-0.2, -0.15) is 0 Å². The molecule has 6 heteroatoms. The van der Waals surface area contributed by atoms with Crippen molar-refractivity contribution in [3.8, 4) is 0 Å². The summed E-state index contributed by atoms with van der Waals surface area (Å²) in [5, 5.41) is 1.76. The molecule has 0 atom stereocenters. The highest BCUT2D eigenvalue weighted by molar-refractivity contribution is 6.02. The highest BCUT2D eigenvalue weighted by atomic mass is 16.5. The fraction of sp³-hybridized carbons (Fsp3) is 0.375. The summed E-state index contributed by atoms with van der Waals surface area (Å²) in [5.74, 6) is -1.42. The molecule has 3 amide bonds. The first-order chi connectivity index (χ1) is 6.41. The summed E-state index contributed by atoms with van der Waals surface area (Å²) in [4.78, 5) is 31.7. The molecule has 0 radical (unpaired) electrons. The average Bonchev–Trinajstić information content (AvgIpc) is 1.98. The Morgan fingerprint density at radius 1 is 1.29 bits per heavy atom. The first-order valence-electron chi connectivity index (χ1n) is 3.91. The molecule has 0 aliphatic carbocycles. The van der Waals surface area contributed by atoms with Gasteiger partial charge >= 0.3 is 12.0 Å². The molecule has 0 aromatic heterocycles. The van der Waals surface area contributed by atoms with E-state index in [2.05, 4.69) is 10.5 Å². The van der Waals surface area contributed by atoms with E-state index in [-0.39, 0.29) is 6.10 Å². The summed E-state index contributed by atoms with van der Waals surface area (Å²) >= 11 is 0. The molecule has 0 aromatic rings. The van der Waals surface area contributed by atoms with Crippen LogP contribution in [0.25, 0.3) is 0 Å². The Morgan fingerprint density at radius 2 is 1.86 bits per heavy atom. The molecule has 0 heterocycles. The van der Waals surface area contributed by atoms with Crippen molar-refractivity contribution in [2.24, 2.45) is 5.73 Å². The minimum Gasteiger partial charge on any atom is -0.460 e. The second-order valence-corrected chi connectivity index (χ2v) is 2.67. The molecule has 78 valence electrons. The molecular formula is C8H12N2O4. The first kappa shape index (κ1) is 12.2. The summed E-state index contributed by atoms with van der Waals surface area (Å²) in [6, 6.07) is -0.975. The van der Waals surface area contributed by atoms with Gasteiger partial charge < -0.3 is 10.5 Å². The number of primary amides is 1. The molecule has 14 heavy (non-hydrogen) atoms. The van der Waals surface area contributed by atoms with Gasteiger partial charge in [0, 0.05) is 12.2 Å². The predicted molar refractivity (Wildman–Crippen MR) is 48.1 cm³/mol. The maximum absolute atomic E-state index is 10.8. The molecule has 3 N–H and O–H groups in total. The van der Waals surface area contributed by atoms with Gasteiger partial charge in [-0.05, 0) is 13.8 Å². The quantitative estimate of drug-likeness (QED) is 0.482. The fourth-order valence-corrected chi connectivity index (χ4v) is 0.578. The van der Waals surface area contributed by atoms with Gasteiger partial charge in [-0.3, -0.25) is 10.1 Å². The molecule has 0 rings (SSSR count). The lowest BCUT2D eigenvalue weighted by Gasteiger charge is -2.03. The van der Waals surface area contributed by atoms with Crippen LogP contribution in [0.1, 0.15) is 13.8 Å². The molecule has 0 fully saturated rings. The van der Waals surface area contributed by atoms with E-state index in [4.69, 9.17) is 0 Å². The van der Waals surface area contributed by atoms with Crippen LogP contribution in [0.3, 0.4) is 0 Å². The number of hydrogen-bond acceptors (Lipinski definition) is 4. The molecule has 0 saturated carbocycles. The first-order valence-corrected chi connectivity index (χ1v) is 3.91. The van der Waals surface area contributed by atoms with Gasteiger partial charge in [-0.1, -0.05) is 0 Å². The average molecular weight is 200 g/mol. The third-order valence-electron chi connectivity index (χ3n) is 0.969. The number of esters is 1. The summed E-state index contributed by atoms with van der Waals surface area (Å²) in [5.41, 5.74) is 4.66. The SMILES string of the molecule is CC(C)OC(=O)/C=C\C(=O)NC(N)=O. The maximum atomic E-state index is 10.8. The van der Waals surface area contributed by atoms with Crippen LogP contribution in [0.15, 0.2) is 12.2 Å². The van der Waals surface area contributed by atoms with Crippen molar-refractivity contribution in [1.82, 2.24) is 5.32 Å². The van der Waals surface area contributed by atoms with Gasteiger partial charge in [0.05, 0.1) is 6.10 Å². The molecule has 0 spiro atoms. The molecule has 0 bridgehead atoms. The van der Waals surface area contributed by atoms with E-state index in [9.17, 15) is 14.4 Å². The van der Waals surface area contributed by atoms with Crippen molar-refractivity contribution in [3.05, 3.63) is 12.2 Å². The number of ether oxygens (including phenoxy) is 1. The molecule has 6 nitrogen and oxygen atoms in total. The second kappa shape index (κ2) is 5.74. The van der Waals surface area contributed by atoms with Crippen LogP contribution in [-0.4, -0.2) is 24.0 Å². The number of rotatable bonds is 3. The number of imide groups is 1. The van der Waals surface area contributed by atoms with Crippen LogP contribution in [0.4, 0.5) is 4.79 Å². The van der Waals surface area contributed by atoms with Gasteiger partial charge in [-0.25, -0.2) is 9.59 Å². The fourth-order valence-electron chi connectivity index (χ4n) is 0.578. The lowest BCUT2D eigenvalue weighted by atomic mass is 10.4. The Labute approximate surface area is 81.1 Å². The Hall–Kier alpha value is -1.85. The van der Waals surface area contributed by atoms with E-state index in [0.29, 0.717) is 0 Å². The molecule has 0 aliphatic heterocycles. The van der Waals surface area contributed by atoms with Crippen LogP contribution < -0.4 is 11.1 Å². The lowest BCUT2D eigenvalue weighted by Crippen LogP contribution is -2.33. The minimum atomic E-state index is -0.975. The number of nitrogens with one attached hydrogen (secondary N) is 1. The minimum absolute atomic E-state index is 0.258. The summed E-state index contributed by atoms with van der Waals surface area (Å²) in [6.07, 6.45) is 1.53. The summed E-state index contributed by atoms with van der Waals surface area (Å²) in [6.45, 7) is 3.35. The standard InChI is InChI=1S/C8H12N2O4/c1-5(2)14-7(12)4-3-6(11)10-8(9)13/h3-5H,1-2H3,(H3,9,10,11,13)/b4-3-. The maximum Gasteiger partial charge on any atom is 0.331 e. The normalized spacial score (nSPS) is 10.2. The van der Waals surface area contributed by atoms with Crippen molar-refractivity contribution in [3.63, 3.8) is 0 Å². The zero-order valence-electron chi connectivity index (χ0n) is 7.94. The van der Waals surface area contributed by atoms with Crippen molar-refractivity contribution >= 4 is 17.9 Å². The number of hydrogen-bond donors (Lipinski definition) is 2. The van der Waals surface area contributed by atoms with Crippen LogP contribution in [0.2, 0.25) is 0 Å². The van der Waals surface area contributed by atoms with E-state index < -0.39 is 17.9 Å².